The van der Waals surface area contributed by atoms with Crippen LogP contribution in [0.3, 0.4) is 0 Å². The molecule has 0 aliphatic carbocycles. The monoisotopic (exact) mass is 445 g/mol. The summed E-state index contributed by atoms with van der Waals surface area (Å²) in [5.41, 5.74) is 2.04. The van der Waals surface area contributed by atoms with Gasteiger partial charge in [-0.3, -0.25) is 0 Å². The minimum absolute atomic E-state index is 0.154. The Kier molecular flexibility index (Phi) is 5.88. The van der Waals surface area contributed by atoms with Crippen molar-refractivity contribution in [1.82, 2.24) is 4.90 Å². The zero-order chi connectivity index (χ0) is 22.9. The van der Waals surface area contributed by atoms with Crippen LogP contribution in [0.25, 0.3) is 0 Å². The topological polar surface area (TPSA) is 53.9 Å². The number of hydrogen-bond donors (Lipinski definition) is 1. The summed E-state index contributed by atoms with van der Waals surface area (Å²) in [5.74, 6) is 0.430. The molecule has 1 N–H and O–H groups in total. The van der Waals surface area contributed by atoms with Crippen molar-refractivity contribution in [3.8, 4) is 0 Å². The summed E-state index contributed by atoms with van der Waals surface area (Å²) < 4.78 is 38.3. The first-order valence-corrected chi connectivity index (χ1v) is 10.7. The SMILES string of the molecule is CC(C)c1ccc(NC(=O)N2CCC3(CC2)CC(c2ccc(C(F)(F)F)cc2)=NO3)cc1. The van der Waals surface area contributed by atoms with Gasteiger partial charge in [-0.05, 0) is 41.3 Å². The maximum absolute atomic E-state index is 12.8. The Morgan fingerprint density at radius 1 is 1.06 bits per heavy atom. The van der Waals surface area contributed by atoms with Crippen molar-refractivity contribution in [2.75, 3.05) is 18.4 Å². The standard InChI is InChI=1S/C24H26F3N3O2/c1-16(2)17-5-9-20(10-6-17)28-22(31)30-13-11-23(12-14-30)15-21(29-32-23)18-3-7-19(8-4-18)24(25,26)27/h3-10,16H,11-15H2,1-2H3,(H,28,31). The second kappa shape index (κ2) is 8.48. The number of carbonyl (C=O) groups excluding carboxylic acids is 1. The highest BCUT2D eigenvalue weighted by Gasteiger charge is 2.43. The number of oxime groups is 1. The van der Waals surface area contributed by atoms with Gasteiger partial charge in [-0.1, -0.05) is 43.3 Å². The van der Waals surface area contributed by atoms with Gasteiger partial charge in [0.1, 0.15) is 5.60 Å². The third-order valence-electron chi connectivity index (χ3n) is 6.18. The van der Waals surface area contributed by atoms with E-state index in [2.05, 4.69) is 24.3 Å². The molecule has 0 saturated carbocycles. The average molecular weight is 445 g/mol. The van der Waals surface area contributed by atoms with E-state index in [1.165, 1.54) is 17.7 Å². The van der Waals surface area contributed by atoms with E-state index in [-0.39, 0.29) is 6.03 Å². The summed E-state index contributed by atoms with van der Waals surface area (Å²) in [6.07, 6.45) is -2.62. The Morgan fingerprint density at radius 3 is 2.25 bits per heavy atom. The molecule has 0 bridgehead atoms. The van der Waals surface area contributed by atoms with E-state index in [9.17, 15) is 18.0 Å². The van der Waals surface area contributed by atoms with E-state index in [4.69, 9.17) is 4.84 Å². The van der Waals surface area contributed by atoms with E-state index in [0.29, 0.717) is 49.5 Å². The molecule has 2 amide bonds. The van der Waals surface area contributed by atoms with Crippen LogP contribution < -0.4 is 5.32 Å². The number of urea groups is 1. The third-order valence-corrected chi connectivity index (χ3v) is 6.18. The molecular formula is C24H26F3N3O2. The number of likely N-dealkylation sites (tertiary alicyclic amines) is 1. The van der Waals surface area contributed by atoms with Gasteiger partial charge in [0.2, 0.25) is 0 Å². The summed E-state index contributed by atoms with van der Waals surface area (Å²) in [5, 5.41) is 7.09. The normalized spacial score (nSPS) is 17.9. The largest absolute Gasteiger partial charge is 0.416 e. The molecular weight excluding hydrogens is 419 g/mol. The summed E-state index contributed by atoms with van der Waals surface area (Å²) in [4.78, 5) is 20.1. The van der Waals surface area contributed by atoms with Crippen molar-refractivity contribution in [3.63, 3.8) is 0 Å². The Hall–Kier alpha value is -3.03. The van der Waals surface area contributed by atoms with E-state index in [1.807, 2.05) is 24.3 Å². The zero-order valence-corrected chi connectivity index (χ0v) is 18.1. The molecule has 170 valence electrons. The molecule has 5 nitrogen and oxygen atoms in total. The fourth-order valence-corrected chi connectivity index (χ4v) is 4.07. The molecule has 1 fully saturated rings. The Bertz CT molecular complexity index is 991. The number of amides is 2. The van der Waals surface area contributed by atoms with E-state index < -0.39 is 17.3 Å². The number of carbonyl (C=O) groups is 1. The van der Waals surface area contributed by atoms with Crippen LogP contribution in [0.15, 0.2) is 53.7 Å². The van der Waals surface area contributed by atoms with Gasteiger partial charge in [-0.15, -0.1) is 0 Å². The lowest BCUT2D eigenvalue weighted by molar-refractivity contribution is -0.137. The predicted molar refractivity (Wildman–Crippen MR) is 117 cm³/mol. The highest BCUT2D eigenvalue weighted by Crippen LogP contribution is 2.37. The number of alkyl halides is 3. The minimum Gasteiger partial charge on any atom is -0.388 e. The van der Waals surface area contributed by atoms with Crippen molar-refractivity contribution in [2.24, 2.45) is 5.16 Å². The van der Waals surface area contributed by atoms with E-state index in [0.717, 1.165) is 17.8 Å². The molecule has 1 spiro atoms. The molecule has 2 heterocycles. The molecule has 1 saturated heterocycles. The van der Waals surface area contributed by atoms with Crippen LogP contribution >= 0.6 is 0 Å². The predicted octanol–water partition coefficient (Wildman–Crippen LogP) is 6.02. The molecule has 4 rings (SSSR count). The summed E-state index contributed by atoms with van der Waals surface area (Å²) in [7, 11) is 0. The van der Waals surface area contributed by atoms with Crippen molar-refractivity contribution in [1.29, 1.82) is 0 Å². The highest BCUT2D eigenvalue weighted by molar-refractivity contribution is 6.01. The molecule has 2 aliphatic heterocycles. The van der Waals surface area contributed by atoms with Gasteiger partial charge in [-0.2, -0.15) is 13.2 Å². The molecule has 2 aromatic rings. The molecule has 0 radical (unpaired) electrons. The number of anilines is 1. The van der Waals surface area contributed by atoms with Gasteiger partial charge in [0.15, 0.2) is 0 Å². The van der Waals surface area contributed by atoms with Crippen molar-refractivity contribution in [3.05, 3.63) is 65.2 Å². The number of nitrogens with zero attached hydrogens (tertiary/aromatic N) is 2. The van der Waals surface area contributed by atoms with Crippen LogP contribution in [0.1, 0.15) is 55.7 Å². The first kappa shape index (κ1) is 22.2. The number of piperidine rings is 1. The van der Waals surface area contributed by atoms with Crippen LogP contribution in [0.4, 0.5) is 23.7 Å². The summed E-state index contributed by atoms with van der Waals surface area (Å²) in [6.45, 7) is 5.28. The van der Waals surface area contributed by atoms with Gasteiger partial charge in [-0.25, -0.2) is 4.79 Å². The first-order valence-electron chi connectivity index (χ1n) is 10.7. The number of rotatable bonds is 3. The lowest BCUT2D eigenvalue weighted by Crippen LogP contribution is -2.48. The minimum atomic E-state index is -4.36. The second-order valence-electron chi connectivity index (χ2n) is 8.76. The summed E-state index contributed by atoms with van der Waals surface area (Å²) in [6, 6.07) is 12.7. The second-order valence-corrected chi connectivity index (χ2v) is 8.76. The van der Waals surface area contributed by atoms with Crippen LogP contribution in [0.2, 0.25) is 0 Å². The van der Waals surface area contributed by atoms with Gasteiger partial charge in [0.25, 0.3) is 0 Å². The smallest absolute Gasteiger partial charge is 0.388 e. The Morgan fingerprint density at radius 2 is 1.69 bits per heavy atom. The van der Waals surface area contributed by atoms with E-state index in [1.54, 1.807) is 4.90 Å². The quantitative estimate of drug-likeness (QED) is 0.628. The van der Waals surface area contributed by atoms with Crippen molar-refractivity contribution < 1.29 is 22.8 Å². The number of benzene rings is 2. The molecule has 8 heteroatoms. The van der Waals surface area contributed by atoms with Crippen LogP contribution in [0, 0.1) is 0 Å². The lowest BCUT2D eigenvalue weighted by atomic mass is 9.85. The number of nitrogens with one attached hydrogen (secondary N) is 1. The van der Waals surface area contributed by atoms with Crippen LogP contribution in [0.5, 0.6) is 0 Å². The average Bonchev–Trinajstić information content (AvgIpc) is 3.17. The molecule has 2 aliphatic rings. The maximum atomic E-state index is 12.8. The fraction of sp³-hybridized carbons (Fsp3) is 0.417. The van der Waals surface area contributed by atoms with Crippen molar-refractivity contribution >= 4 is 17.4 Å². The number of halogens is 3. The van der Waals surface area contributed by atoms with Crippen LogP contribution in [-0.2, 0) is 11.0 Å². The Balaban J connectivity index is 1.31. The zero-order valence-electron chi connectivity index (χ0n) is 18.1. The Labute approximate surface area is 185 Å². The molecule has 0 aromatic heterocycles. The third kappa shape index (κ3) is 4.74. The van der Waals surface area contributed by atoms with E-state index >= 15 is 0 Å². The first-order chi connectivity index (χ1) is 15.2. The molecule has 32 heavy (non-hydrogen) atoms. The number of hydrogen-bond acceptors (Lipinski definition) is 3. The summed E-state index contributed by atoms with van der Waals surface area (Å²) >= 11 is 0. The fourth-order valence-electron chi connectivity index (χ4n) is 4.07. The van der Waals surface area contributed by atoms with Crippen LogP contribution in [-0.4, -0.2) is 35.3 Å². The molecule has 0 atom stereocenters. The van der Waals surface area contributed by atoms with Gasteiger partial charge in [0.05, 0.1) is 11.3 Å². The van der Waals surface area contributed by atoms with Gasteiger partial charge >= 0.3 is 12.2 Å². The van der Waals surface area contributed by atoms with Crippen molar-refractivity contribution in [2.45, 2.75) is 50.8 Å². The molecule has 2 aromatic carbocycles. The maximum Gasteiger partial charge on any atom is 0.416 e. The van der Waals surface area contributed by atoms with Gasteiger partial charge in [0, 0.05) is 38.0 Å². The lowest BCUT2D eigenvalue weighted by Gasteiger charge is -2.37. The molecule has 0 unspecified atom stereocenters. The van der Waals surface area contributed by atoms with Gasteiger partial charge < -0.3 is 15.1 Å². The highest BCUT2D eigenvalue weighted by atomic mass is 19.4.